The lowest BCUT2D eigenvalue weighted by molar-refractivity contribution is -0.134. The van der Waals surface area contributed by atoms with E-state index >= 15 is 0 Å². The highest BCUT2D eigenvalue weighted by Gasteiger charge is 2.18. The van der Waals surface area contributed by atoms with Gasteiger partial charge in [-0.1, -0.05) is 46.4 Å². The Hall–Kier alpha value is -1.61. The third kappa shape index (κ3) is 10.4. The summed E-state index contributed by atoms with van der Waals surface area (Å²) < 4.78 is 1.31. The number of hydrogen-bond donors (Lipinski definition) is 2. The minimum atomic E-state index is -1.41. The number of hydrogen-bond acceptors (Lipinski definition) is 5. The Morgan fingerprint density at radius 1 is 1.19 bits per heavy atom. The van der Waals surface area contributed by atoms with Gasteiger partial charge < -0.3 is 10.2 Å². The quantitative estimate of drug-likeness (QED) is 0.523. The fraction of sp³-hybridized carbons (Fsp3) is 0.357. The van der Waals surface area contributed by atoms with E-state index in [4.69, 9.17) is 61.4 Å². The molecule has 8 nitrogen and oxygen atoms in total. The third-order valence-electron chi connectivity index (χ3n) is 2.01. The van der Waals surface area contributed by atoms with Crippen LogP contribution in [0.15, 0.2) is 21.1 Å². The van der Waals surface area contributed by atoms with Gasteiger partial charge in [0.25, 0.3) is 11.5 Å². The van der Waals surface area contributed by atoms with E-state index in [0.717, 1.165) is 6.92 Å². The van der Waals surface area contributed by atoms with E-state index in [1.807, 2.05) is 20.8 Å². The number of nitrogens with zero attached hydrogens (tertiary/aromatic N) is 2. The van der Waals surface area contributed by atoms with Crippen molar-refractivity contribution < 1.29 is 24.6 Å². The molecule has 0 bridgehead atoms. The summed E-state index contributed by atoms with van der Waals surface area (Å²) in [6.45, 7) is 6.68. The van der Waals surface area contributed by atoms with Gasteiger partial charge in [0.05, 0.1) is 16.8 Å². The highest BCUT2D eigenvalue weighted by atomic mass is 35.5. The van der Waals surface area contributed by atoms with Gasteiger partial charge in [-0.05, 0) is 20.8 Å². The Morgan fingerprint density at radius 3 is 1.88 bits per heavy atom. The zero-order valence-corrected chi connectivity index (χ0v) is 17.1. The van der Waals surface area contributed by atoms with Crippen molar-refractivity contribution in [2.45, 2.75) is 33.2 Å². The molecule has 1 aromatic heterocycles. The van der Waals surface area contributed by atoms with Crippen LogP contribution in [0.5, 0.6) is 0 Å². The normalized spacial score (nSPS) is 11.1. The Morgan fingerprint density at radius 2 is 1.62 bits per heavy atom. The molecule has 0 atom stereocenters. The van der Waals surface area contributed by atoms with E-state index in [9.17, 15) is 14.4 Å². The zero-order chi connectivity index (χ0) is 21.2. The number of aldehydes is 1. The molecule has 1 heterocycles. The SMILES string of the molecule is CC(=O)O.CC(C)(C)n1ncc(Cl)c(Cl)c1=O.O=C/C(Cl)=C(/Cl)C(=O)O. The summed E-state index contributed by atoms with van der Waals surface area (Å²) in [7, 11) is 0. The predicted octanol–water partition coefficient (Wildman–Crippen LogP) is 3.36. The average molecular weight is 450 g/mol. The van der Waals surface area contributed by atoms with Crippen molar-refractivity contribution in [3.63, 3.8) is 0 Å². The summed E-state index contributed by atoms with van der Waals surface area (Å²) in [6.07, 6.45) is 1.54. The molecule has 1 aromatic rings. The molecule has 2 N–H and O–H groups in total. The molecule has 0 spiro atoms. The largest absolute Gasteiger partial charge is 0.481 e. The molecule has 0 aliphatic rings. The first-order chi connectivity index (χ1) is 11.7. The molecule has 12 heteroatoms. The number of halogens is 4. The molecule has 0 fully saturated rings. The van der Waals surface area contributed by atoms with E-state index in [2.05, 4.69) is 5.10 Å². The van der Waals surface area contributed by atoms with Crippen LogP contribution in [0.3, 0.4) is 0 Å². The Balaban J connectivity index is 0. The minimum absolute atomic E-state index is 0.0200. The molecule has 146 valence electrons. The van der Waals surface area contributed by atoms with Gasteiger partial charge in [-0.2, -0.15) is 5.10 Å². The van der Waals surface area contributed by atoms with Gasteiger partial charge in [-0.3, -0.25) is 14.4 Å². The molecule has 0 aliphatic carbocycles. The van der Waals surface area contributed by atoms with Crippen molar-refractivity contribution in [1.82, 2.24) is 9.78 Å². The van der Waals surface area contributed by atoms with Crippen molar-refractivity contribution >= 4 is 64.6 Å². The van der Waals surface area contributed by atoms with E-state index in [1.54, 1.807) is 0 Å². The topological polar surface area (TPSA) is 127 Å². The Kier molecular flexibility index (Phi) is 12.2. The molecule has 0 aromatic carbocycles. The summed E-state index contributed by atoms with van der Waals surface area (Å²) in [6, 6.07) is 0. The van der Waals surface area contributed by atoms with Crippen LogP contribution in [0.1, 0.15) is 27.7 Å². The Labute approximate surface area is 168 Å². The smallest absolute Gasteiger partial charge is 0.348 e. The summed E-state index contributed by atoms with van der Waals surface area (Å²) in [4.78, 5) is 40.1. The van der Waals surface area contributed by atoms with Crippen LogP contribution < -0.4 is 5.56 Å². The second-order valence-corrected chi connectivity index (χ2v) is 6.87. The van der Waals surface area contributed by atoms with Crippen molar-refractivity contribution in [2.24, 2.45) is 0 Å². The van der Waals surface area contributed by atoms with Crippen LogP contribution in [0.4, 0.5) is 0 Å². The van der Waals surface area contributed by atoms with Crippen LogP contribution in [-0.2, 0) is 19.9 Å². The number of rotatable bonds is 2. The maximum Gasteiger partial charge on any atom is 0.348 e. The van der Waals surface area contributed by atoms with Crippen LogP contribution in [0, 0.1) is 0 Å². The van der Waals surface area contributed by atoms with Gasteiger partial charge in [-0.25, -0.2) is 9.48 Å². The average Bonchev–Trinajstić information content (AvgIpc) is 2.49. The molecule has 26 heavy (non-hydrogen) atoms. The number of carbonyl (C=O) groups excluding carboxylic acids is 1. The number of carbonyl (C=O) groups is 3. The van der Waals surface area contributed by atoms with E-state index < -0.39 is 22.0 Å². The number of carboxylic acids is 2. The zero-order valence-electron chi connectivity index (χ0n) is 14.1. The van der Waals surface area contributed by atoms with Crippen molar-refractivity contribution in [3.05, 3.63) is 36.7 Å². The van der Waals surface area contributed by atoms with Gasteiger partial charge in [-0.15, -0.1) is 0 Å². The first-order valence-corrected chi connectivity index (χ1v) is 8.05. The molecule has 0 aliphatic heterocycles. The van der Waals surface area contributed by atoms with Gasteiger partial charge in [0.1, 0.15) is 15.1 Å². The maximum absolute atomic E-state index is 11.5. The number of allylic oxidation sites excluding steroid dienone is 1. The standard InChI is InChI=1S/C8H10Cl2N2O.C4H2Cl2O3.C2H4O2/c1-8(2,3)12-7(13)6(10)5(9)4-11-12;5-2(1-7)3(6)4(8)9;1-2(3)4/h4H,1-3H3;1H,(H,8,9);1H3,(H,3,4)/b;3-2-;. The lowest BCUT2D eigenvalue weighted by atomic mass is 10.1. The molecular formula is C14H16Cl4N2O6. The fourth-order valence-corrected chi connectivity index (χ4v) is 1.42. The van der Waals surface area contributed by atoms with Crippen molar-refractivity contribution in [2.75, 3.05) is 0 Å². The van der Waals surface area contributed by atoms with Crippen molar-refractivity contribution in [1.29, 1.82) is 0 Å². The van der Waals surface area contributed by atoms with Crippen molar-refractivity contribution in [3.8, 4) is 0 Å². The summed E-state index contributed by atoms with van der Waals surface area (Å²) in [5.74, 6) is -2.24. The third-order valence-corrected chi connectivity index (χ3v) is 3.50. The summed E-state index contributed by atoms with van der Waals surface area (Å²) in [5.41, 5.74) is -0.743. The lowest BCUT2D eigenvalue weighted by Crippen LogP contribution is -2.36. The van der Waals surface area contributed by atoms with E-state index in [1.165, 1.54) is 10.9 Å². The molecule has 1 rings (SSSR count). The molecule has 0 amide bonds. The first-order valence-electron chi connectivity index (χ1n) is 6.53. The molecular weight excluding hydrogens is 434 g/mol. The van der Waals surface area contributed by atoms with Gasteiger partial charge in [0, 0.05) is 6.92 Å². The predicted molar refractivity (Wildman–Crippen MR) is 99.3 cm³/mol. The molecule has 0 saturated carbocycles. The maximum atomic E-state index is 11.5. The molecule has 0 radical (unpaired) electrons. The molecule has 0 saturated heterocycles. The highest BCUT2D eigenvalue weighted by molar-refractivity contribution is 6.51. The number of aromatic nitrogens is 2. The van der Waals surface area contributed by atoms with Crippen LogP contribution in [0.25, 0.3) is 0 Å². The summed E-state index contributed by atoms with van der Waals surface area (Å²) in [5, 5.41) is 18.4. The second kappa shape index (κ2) is 11.9. The summed E-state index contributed by atoms with van der Waals surface area (Å²) >= 11 is 21.3. The van der Waals surface area contributed by atoms with E-state index in [-0.39, 0.29) is 27.4 Å². The lowest BCUT2D eigenvalue weighted by Gasteiger charge is -2.20. The van der Waals surface area contributed by atoms with E-state index in [0.29, 0.717) is 0 Å². The van der Waals surface area contributed by atoms with Gasteiger partial charge in [0.15, 0.2) is 6.29 Å². The second-order valence-electron chi connectivity index (χ2n) is 5.30. The van der Waals surface area contributed by atoms with Crippen LogP contribution in [0.2, 0.25) is 10.0 Å². The number of carboxylic acid groups (broad SMARTS) is 2. The minimum Gasteiger partial charge on any atom is -0.481 e. The van der Waals surface area contributed by atoms with Gasteiger partial charge >= 0.3 is 5.97 Å². The molecule has 0 unspecified atom stereocenters. The highest BCUT2D eigenvalue weighted by Crippen LogP contribution is 2.17. The first kappa shape index (κ1) is 26.6. The number of aliphatic carboxylic acids is 2. The Bertz CT molecular complexity index is 749. The van der Waals surface area contributed by atoms with Crippen LogP contribution >= 0.6 is 46.4 Å². The monoisotopic (exact) mass is 448 g/mol. The van der Waals surface area contributed by atoms with Crippen LogP contribution in [-0.4, -0.2) is 38.2 Å². The fourth-order valence-electron chi connectivity index (χ4n) is 1.04. The van der Waals surface area contributed by atoms with Gasteiger partial charge in [0.2, 0.25) is 0 Å².